The average Bonchev–Trinajstić information content (AvgIpc) is 2.80. The first kappa shape index (κ1) is 22.2. The topological polar surface area (TPSA) is 67.9 Å². The van der Waals surface area contributed by atoms with Crippen LogP contribution in [0.2, 0.25) is 0 Å². The van der Waals surface area contributed by atoms with Crippen molar-refractivity contribution in [2.75, 3.05) is 25.9 Å². The van der Waals surface area contributed by atoms with Gasteiger partial charge in [-0.25, -0.2) is 8.42 Å². The van der Waals surface area contributed by atoms with Gasteiger partial charge in [0.05, 0.1) is 17.7 Å². The minimum atomic E-state index is -3.74. The number of nitrogens with zero attached hydrogens (tertiary/aromatic N) is 1. The molecule has 0 heterocycles. The van der Waals surface area contributed by atoms with Crippen LogP contribution in [0.3, 0.4) is 0 Å². The Balaban J connectivity index is 1.57. The Hall–Kier alpha value is -3.03. The molecule has 0 radical (unpaired) electrons. The zero-order valence-corrected chi connectivity index (χ0v) is 19.4. The predicted octanol–water partition coefficient (Wildman–Crippen LogP) is 4.71. The summed E-state index contributed by atoms with van der Waals surface area (Å²) in [7, 11) is 2.05. The van der Waals surface area contributed by atoms with E-state index >= 15 is 0 Å². The van der Waals surface area contributed by atoms with Gasteiger partial charge in [0.25, 0.3) is 10.0 Å². The molecule has 0 spiro atoms. The summed E-state index contributed by atoms with van der Waals surface area (Å²) < 4.78 is 40.3. The third-order valence-corrected chi connectivity index (χ3v) is 7.24. The highest BCUT2D eigenvalue weighted by Crippen LogP contribution is 2.37. The lowest BCUT2D eigenvalue weighted by Gasteiger charge is -2.32. The smallest absolute Gasteiger partial charge is 0.261 e. The molecule has 0 bridgehead atoms. The summed E-state index contributed by atoms with van der Waals surface area (Å²) in [6.07, 6.45) is 2.58. The quantitative estimate of drug-likeness (QED) is 0.562. The Morgan fingerprint density at radius 2 is 1.59 bits per heavy atom. The maximum absolute atomic E-state index is 13.1. The van der Waals surface area contributed by atoms with Crippen molar-refractivity contribution < 1.29 is 17.9 Å². The van der Waals surface area contributed by atoms with Crippen LogP contribution in [0.4, 0.5) is 5.69 Å². The molecule has 0 fully saturated rings. The number of nitrogens with one attached hydrogen (secondary N) is 1. The minimum absolute atomic E-state index is 0.185. The van der Waals surface area contributed by atoms with Crippen LogP contribution in [-0.2, 0) is 22.9 Å². The number of sulfonamides is 1. The fourth-order valence-corrected chi connectivity index (χ4v) is 5.17. The van der Waals surface area contributed by atoms with Gasteiger partial charge in [-0.2, -0.15) is 0 Å². The van der Waals surface area contributed by atoms with Gasteiger partial charge in [-0.05, 0) is 87.5 Å². The van der Waals surface area contributed by atoms with E-state index in [1.54, 1.807) is 37.4 Å². The fraction of sp³-hybridized carbons (Fsp3) is 0.280. The second-order valence-corrected chi connectivity index (χ2v) is 9.81. The Morgan fingerprint density at radius 1 is 0.906 bits per heavy atom. The number of ether oxygens (including phenoxy) is 2. The van der Waals surface area contributed by atoms with Gasteiger partial charge in [-0.3, -0.25) is 4.72 Å². The van der Waals surface area contributed by atoms with E-state index in [0.29, 0.717) is 23.2 Å². The first-order valence-electron chi connectivity index (χ1n) is 10.6. The van der Waals surface area contributed by atoms with Crippen LogP contribution in [0.1, 0.15) is 17.5 Å². The first-order chi connectivity index (χ1) is 15.4. The molecule has 0 amide bonds. The van der Waals surface area contributed by atoms with Crippen molar-refractivity contribution in [2.24, 2.45) is 0 Å². The van der Waals surface area contributed by atoms with Crippen LogP contribution in [0.25, 0.3) is 0 Å². The summed E-state index contributed by atoms with van der Waals surface area (Å²) >= 11 is 0. The largest absolute Gasteiger partial charge is 0.496 e. The molecule has 3 aromatic rings. The molecule has 0 saturated heterocycles. The number of hydrogen-bond acceptors (Lipinski definition) is 5. The summed E-state index contributed by atoms with van der Waals surface area (Å²) in [5, 5.41) is 0. The standard InChI is InChI=1S/C25H28N2O4S/c1-27(2)18-9-14-22-23(17-18)25(30-3)16-15-24(22)26-32(28,29)21-12-10-20(11-13-21)31-19-7-5-4-6-8-19/h4-8,10-13,15-16,18,26H,9,14,17H2,1-3H3/t18-/m0/s1. The Labute approximate surface area is 189 Å². The Morgan fingerprint density at radius 3 is 2.25 bits per heavy atom. The molecule has 7 heteroatoms. The predicted molar refractivity (Wildman–Crippen MR) is 126 cm³/mol. The van der Waals surface area contributed by atoms with E-state index in [0.717, 1.165) is 36.1 Å². The molecule has 0 saturated carbocycles. The zero-order valence-electron chi connectivity index (χ0n) is 18.5. The van der Waals surface area contributed by atoms with Crippen molar-refractivity contribution in [1.29, 1.82) is 0 Å². The molecule has 0 aromatic heterocycles. The SMILES string of the molecule is COc1ccc(NS(=O)(=O)c2ccc(Oc3ccccc3)cc2)c2c1C[C@@H](N(C)C)CC2. The normalized spacial score (nSPS) is 15.8. The molecule has 6 nitrogen and oxygen atoms in total. The van der Waals surface area contributed by atoms with Crippen molar-refractivity contribution in [1.82, 2.24) is 4.90 Å². The Kier molecular flexibility index (Phi) is 6.39. The second kappa shape index (κ2) is 9.22. The first-order valence-corrected chi connectivity index (χ1v) is 12.1. The maximum atomic E-state index is 13.1. The molecule has 4 rings (SSSR count). The summed E-state index contributed by atoms with van der Waals surface area (Å²) in [4.78, 5) is 2.39. The number of rotatable bonds is 7. The van der Waals surface area contributed by atoms with Crippen LogP contribution in [0.5, 0.6) is 17.2 Å². The van der Waals surface area contributed by atoms with Crippen molar-refractivity contribution in [3.05, 3.63) is 77.9 Å². The lowest BCUT2D eigenvalue weighted by molar-refractivity contribution is 0.265. The number of likely N-dealkylation sites (N-methyl/N-ethyl adjacent to an activating group) is 1. The molecule has 32 heavy (non-hydrogen) atoms. The monoisotopic (exact) mass is 452 g/mol. The molecule has 1 aliphatic carbocycles. The highest BCUT2D eigenvalue weighted by Gasteiger charge is 2.27. The Bertz CT molecular complexity index is 1180. The number of benzene rings is 3. The van der Waals surface area contributed by atoms with E-state index < -0.39 is 10.0 Å². The van der Waals surface area contributed by atoms with E-state index in [1.807, 2.05) is 36.4 Å². The van der Waals surface area contributed by atoms with Crippen LogP contribution < -0.4 is 14.2 Å². The number of anilines is 1. The summed E-state index contributed by atoms with van der Waals surface area (Å²) in [5.41, 5.74) is 2.70. The third kappa shape index (κ3) is 4.74. The van der Waals surface area contributed by atoms with Gasteiger partial charge in [0.2, 0.25) is 0 Å². The van der Waals surface area contributed by atoms with Gasteiger partial charge in [0.15, 0.2) is 0 Å². The number of para-hydroxylation sites is 1. The highest BCUT2D eigenvalue weighted by atomic mass is 32.2. The summed E-state index contributed by atoms with van der Waals surface area (Å²) in [6, 6.07) is 19.8. The molecule has 168 valence electrons. The highest BCUT2D eigenvalue weighted by molar-refractivity contribution is 7.92. The molecule has 1 N–H and O–H groups in total. The minimum Gasteiger partial charge on any atom is -0.496 e. The van der Waals surface area contributed by atoms with E-state index in [9.17, 15) is 8.42 Å². The number of hydrogen-bond donors (Lipinski definition) is 1. The van der Waals surface area contributed by atoms with Gasteiger partial charge < -0.3 is 14.4 Å². The van der Waals surface area contributed by atoms with E-state index in [-0.39, 0.29) is 4.90 Å². The number of methoxy groups -OCH3 is 1. The lowest BCUT2D eigenvalue weighted by atomic mass is 9.86. The van der Waals surface area contributed by atoms with Crippen molar-refractivity contribution in [2.45, 2.75) is 30.2 Å². The third-order valence-electron chi connectivity index (χ3n) is 5.86. The summed E-state index contributed by atoms with van der Waals surface area (Å²) in [5.74, 6) is 2.07. The van der Waals surface area contributed by atoms with Gasteiger partial charge in [-0.15, -0.1) is 0 Å². The lowest BCUT2D eigenvalue weighted by Crippen LogP contribution is -2.34. The van der Waals surface area contributed by atoms with Crippen molar-refractivity contribution in [3.8, 4) is 17.2 Å². The molecular formula is C25H28N2O4S. The molecule has 0 aliphatic heterocycles. The molecule has 1 aliphatic rings. The van der Waals surface area contributed by atoms with Crippen molar-refractivity contribution >= 4 is 15.7 Å². The summed E-state index contributed by atoms with van der Waals surface area (Å²) in [6.45, 7) is 0. The van der Waals surface area contributed by atoms with Gasteiger partial charge in [0, 0.05) is 11.6 Å². The average molecular weight is 453 g/mol. The zero-order chi connectivity index (χ0) is 22.7. The fourth-order valence-electron chi connectivity index (χ4n) is 4.07. The van der Waals surface area contributed by atoms with E-state index in [1.165, 1.54) is 0 Å². The molecule has 1 atom stereocenters. The van der Waals surface area contributed by atoms with Gasteiger partial charge in [-0.1, -0.05) is 18.2 Å². The molecular weight excluding hydrogens is 424 g/mol. The van der Waals surface area contributed by atoms with Crippen LogP contribution in [-0.4, -0.2) is 40.6 Å². The van der Waals surface area contributed by atoms with Crippen LogP contribution in [0.15, 0.2) is 71.6 Å². The van der Waals surface area contributed by atoms with Gasteiger partial charge >= 0.3 is 0 Å². The van der Waals surface area contributed by atoms with E-state index in [2.05, 4.69) is 23.7 Å². The number of fused-ring (bicyclic) bond motifs is 1. The molecule has 0 unspecified atom stereocenters. The second-order valence-electron chi connectivity index (χ2n) is 8.12. The van der Waals surface area contributed by atoms with Crippen LogP contribution >= 0.6 is 0 Å². The van der Waals surface area contributed by atoms with Crippen LogP contribution in [0, 0.1) is 0 Å². The van der Waals surface area contributed by atoms with E-state index in [4.69, 9.17) is 9.47 Å². The van der Waals surface area contributed by atoms with Gasteiger partial charge in [0.1, 0.15) is 17.2 Å². The maximum Gasteiger partial charge on any atom is 0.261 e. The molecule has 3 aromatic carbocycles. The van der Waals surface area contributed by atoms with Crippen molar-refractivity contribution in [3.63, 3.8) is 0 Å².